The van der Waals surface area contributed by atoms with E-state index in [1.165, 1.54) is 24.9 Å². The topological polar surface area (TPSA) is 44.8 Å². The first-order valence-electron chi connectivity index (χ1n) is 10.7. The van der Waals surface area contributed by atoms with Gasteiger partial charge in [0.2, 0.25) is 5.91 Å². The first-order chi connectivity index (χ1) is 13.3. The number of hydrogen-bond donors (Lipinski definition) is 1. The average molecular weight is 372 g/mol. The number of nitrogens with zero attached hydrogens (tertiary/aromatic N) is 2. The average Bonchev–Trinajstić information content (AvgIpc) is 3.52. The van der Waals surface area contributed by atoms with Gasteiger partial charge in [-0.15, -0.1) is 0 Å². The molecule has 3 fully saturated rings. The molecule has 1 saturated carbocycles. The fourth-order valence-corrected chi connectivity index (χ4v) is 4.20. The molecule has 148 valence electrons. The van der Waals surface area contributed by atoms with Gasteiger partial charge in [-0.25, -0.2) is 0 Å². The predicted molar refractivity (Wildman–Crippen MR) is 106 cm³/mol. The molecular weight excluding hydrogens is 338 g/mol. The molecule has 1 aliphatic carbocycles. The summed E-state index contributed by atoms with van der Waals surface area (Å²) in [7, 11) is 0. The van der Waals surface area contributed by atoms with E-state index in [0.717, 1.165) is 58.1 Å². The van der Waals surface area contributed by atoms with Crippen LogP contribution in [0.4, 0.5) is 0 Å². The summed E-state index contributed by atoms with van der Waals surface area (Å²) in [6, 6.07) is 11.1. The molecular formula is C22H33N3O2. The number of morpholine rings is 1. The summed E-state index contributed by atoms with van der Waals surface area (Å²) in [6.07, 6.45) is 5.51. The molecule has 1 aromatic carbocycles. The van der Waals surface area contributed by atoms with Crippen LogP contribution < -0.4 is 5.32 Å². The highest BCUT2D eigenvalue weighted by molar-refractivity contribution is 5.76. The van der Waals surface area contributed by atoms with Gasteiger partial charge in [0.05, 0.1) is 19.1 Å². The maximum absolute atomic E-state index is 12.7. The van der Waals surface area contributed by atoms with E-state index in [-0.39, 0.29) is 12.0 Å². The molecule has 4 rings (SSSR count). The molecule has 2 heterocycles. The van der Waals surface area contributed by atoms with Gasteiger partial charge in [-0.1, -0.05) is 30.3 Å². The van der Waals surface area contributed by atoms with Gasteiger partial charge in [0, 0.05) is 38.8 Å². The minimum Gasteiger partial charge on any atom is -0.375 e. The van der Waals surface area contributed by atoms with Gasteiger partial charge < -0.3 is 15.0 Å². The standard InChI is InChI=1S/C22H33N3O2/c26-22(25-10-8-20(9-11-25)23-15-18-6-7-18)14-21-17-24(12-13-27-21)16-19-4-2-1-3-5-19/h1-5,18,20-21,23H,6-17H2. The lowest BCUT2D eigenvalue weighted by Crippen LogP contribution is -2.48. The van der Waals surface area contributed by atoms with E-state index in [4.69, 9.17) is 4.74 Å². The molecule has 1 aromatic rings. The third-order valence-electron chi connectivity index (χ3n) is 6.11. The fraction of sp³-hybridized carbons (Fsp3) is 0.682. The zero-order chi connectivity index (χ0) is 18.5. The lowest BCUT2D eigenvalue weighted by Gasteiger charge is -2.36. The third-order valence-corrected chi connectivity index (χ3v) is 6.11. The van der Waals surface area contributed by atoms with Crippen molar-refractivity contribution in [1.29, 1.82) is 0 Å². The number of ether oxygens (including phenoxy) is 1. The molecule has 5 heteroatoms. The highest BCUT2D eigenvalue weighted by Gasteiger charge is 2.28. The number of carbonyl (C=O) groups excluding carboxylic acids is 1. The number of hydrogen-bond acceptors (Lipinski definition) is 4. The Morgan fingerprint density at radius 1 is 1.07 bits per heavy atom. The van der Waals surface area contributed by atoms with Crippen molar-refractivity contribution < 1.29 is 9.53 Å². The van der Waals surface area contributed by atoms with Gasteiger partial charge in [-0.05, 0) is 43.7 Å². The molecule has 2 saturated heterocycles. The lowest BCUT2D eigenvalue weighted by atomic mass is 10.0. The minimum absolute atomic E-state index is 0.0284. The quantitative estimate of drug-likeness (QED) is 0.799. The zero-order valence-electron chi connectivity index (χ0n) is 16.3. The molecule has 0 radical (unpaired) electrons. The Labute approximate surface area is 163 Å². The minimum atomic E-state index is 0.0284. The van der Waals surface area contributed by atoms with Gasteiger partial charge in [-0.2, -0.15) is 0 Å². The van der Waals surface area contributed by atoms with Crippen molar-refractivity contribution in [3.63, 3.8) is 0 Å². The summed E-state index contributed by atoms with van der Waals surface area (Å²) < 4.78 is 5.90. The summed E-state index contributed by atoms with van der Waals surface area (Å²) in [5, 5.41) is 3.68. The van der Waals surface area contributed by atoms with Crippen LogP contribution in [0, 0.1) is 5.92 Å². The van der Waals surface area contributed by atoms with Gasteiger partial charge in [0.25, 0.3) is 0 Å². The normalized spacial score (nSPS) is 24.9. The van der Waals surface area contributed by atoms with Crippen LogP contribution >= 0.6 is 0 Å². The molecule has 5 nitrogen and oxygen atoms in total. The molecule has 1 unspecified atom stereocenters. The monoisotopic (exact) mass is 371 g/mol. The Kier molecular flexibility index (Phi) is 6.43. The number of piperidine rings is 1. The first-order valence-corrected chi connectivity index (χ1v) is 10.7. The van der Waals surface area contributed by atoms with Crippen molar-refractivity contribution in [1.82, 2.24) is 15.1 Å². The molecule has 1 N–H and O–H groups in total. The largest absolute Gasteiger partial charge is 0.375 e. The number of nitrogens with one attached hydrogen (secondary N) is 1. The molecule has 1 atom stereocenters. The maximum Gasteiger partial charge on any atom is 0.225 e. The molecule has 3 aliphatic rings. The second kappa shape index (κ2) is 9.18. The van der Waals surface area contributed by atoms with Gasteiger partial charge in [0.1, 0.15) is 0 Å². The van der Waals surface area contributed by atoms with Crippen LogP contribution in [-0.2, 0) is 16.1 Å². The second-order valence-corrected chi connectivity index (χ2v) is 8.42. The van der Waals surface area contributed by atoms with Crippen LogP contribution in [0.2, 0.25) is 0 Å². The van der Waals surface area contributed by atoms with Crippen molar-refractivity contribution in [3.05, 3.63) is 35.9 Å². The maximum atomic E-state index is 12.7. The van der Waals surface area contributed by atoms with Crippen LogP contribution in [0.25, 0.3) is 0 Å². The van der Waals surface area contributed by atoms with Crippen molar-refractivity contribution in [3.8, 4) is 0 Å². The Morgan fingerprint density at radius 2 is 1.85 bits per heavy atom. The van der Waals surface area contributed by atoms with Crippen molar-refractivity contribution in [2.45, 2.75) is 50.8 Å². The molecule has 0 bridgehead atoms. The molecule has 0 aromatic heterocycles. The zero-order valence-corrected chi connectivity index (χ0v) is 16.3. The lowest BCUT2D eigenvalue weighted by molar-refractivity contribution is -0.137. The van der Waals surface area contributed by atoms with Crippen molar-refractivity contribution in [2.75, 3.05) is 39.3 Å². The number of benzene rings is 1. The number of likely N-dealkylation sites (tertiary alicyclic amines) is 1. The number of amides is 1. The predicted octanol–water partition coefficient (Wildman–Crippen LogP) is 2.27. The van der Waals surface area contributed by atoms with Gasteiger partial charge in [0.15, 0.2) is 0 Å². The first kappa shape index (κ1) is 18.9. The summed E-state index contributed by atoms with van der Waals surface area (Å²) in [4.78, 5) is 17.2. The van der Waals surface area contributed by atoms with E-state index in [1.54, 1.807) is 0 Å². The second-order valence-electron chi connectivity index (χ2n) is 8.42. The molecule has 0 spiro atoms. The van der Waals surface area contributed by atoms with Crippen molar-refractivity contribution >= 4 is 5.91 Å². The van der Waals surface area contributed by atoms with Crippen LogP contribution in [0.5, 0.6) is 0 Å². The summed E-state index contributed by atoms with van der Waals surface area (Å²) in [6.45, 7) is 6.40. The van der Waals surface area contributed by atoms with Crippen LogP contribution in [-0.4, -0.2) is 67.2 Å². The summed E-state index contributed by atoms with van der Waals surface area (Å²) in [5.74, 6) is 1.19. The van der Waals surface area contributed by atoms with E-state index in [2.05, 4.69) is 45.4 Å². The van der Waals surface area contributed by atoms with E-state index >= 15 is 0 Å². The fourth-order valence-electron chi connectivity index (χ4n) is 4.20. The van der Waals surface area contributed by atoms with Crippen molar-refractivity contribution in [2.24, 2.45) is 5.92 Å². The van der Waals surface area contributed by atoms with Crippen LogP contribution in [0.15, 0.2) is 30.3 Å². The van der Waals surface area contributed by atoms with Gasteiger partial charge >= 0.3 is 0 Å². The van der Waals surface area contributed by atoms with E-state index in [9.17, 15) is 4.79 Å². The van der Waals surface area contributed by atoms with E-state index in [0.29, 0.717) is 12.5 Å². The third kappa shape index (κ3) is 5.77. The van der Waals surface area contributed by atoms with E-state index < -0.39 is 0 Å². The van der Waals surface area contributed by atoms with E-state index in [1.807, 2.05) is 0 Å². The SMILES string of the molecule is O=C(CC1CN(Cc2ccccc2)CCO1)N1CCC(NCC2CC2)CC1. The highest BCUT2D eigenvalue weighted by atomic mass is 16.5. The molecule has 1 amide bonds. The van der Waals surface area contributed by atoms with Crippen LogP contribution in [0.1, 0.15) is 37.7 Å². The molecule has 27 heavy (non-hydrogen) atoms. The Bertz CT molecular complexity index is 597. The summed E-state index contributed by atoms with van der Waals surface area (Å²) in [5.41, 5.74) is 1.32. The number of rotatable bonds is 7. The van der Waals surface area contributed by atoms with Crippen LogP contribution in [0.3, 0.4) is 0 Å². The summed E-state index contributed by atoms with van der Waals surface area (Å²) >= 11 is 0. The Hall–Kier alpha value is -1.43. The number of carbonyl (C=O) groups is 1. The Balaban J connectivity index is 1.18. The smallest absolute Gasteiger partial charge is 0.225 e. The molecule has 2 aliphatic heterocycles. The highest BCUT2D eigenvalue weighted by Crippen LogP contribution is 2.28. The Morgan fingerprint density at radius 3 is 2.59 bits per heavy atom. The van der Waals surface area contributed by atoms with Gasteiger partial charge in [-0.3, -0.25) is 9.69 Å².